The Morgan fingerprint density at radius 1 is 1.24 bits per heavy atom. The maximum atomic E-state index is 12.3. The fourth-order valence-corrected chi connectivity index (χ4v) is 2.44. The number of nitrogens with one attached hydrogen (secondary N) is 1. The van der Waals surface area contributed by atoms with Gasteiger partial charge in [0, 0.05) is 37.8 Å². The molecule has 0 atom stereocenters. The van der Waals surface area contributed by atoms with E-state index in [1.807, 2.05) is 4.90 Å². The number of hydrogen-bond donors (Lipinski definition) is 2. The molecule has 1 aromatic rings. The van der Waals surface area contributed by atoms with Crippen LogP contribution in [0.5, 0.6) is 0 Å². The van der Waals surface area contributed by atoms with E-state index < -0.39 is 0 Å². The number of amides is 2. The number of carbonyl (C=O) groups is 2. The van der Waals surface area contributed by atoms with E-state index in [0.29, 0.717) is 23.7 Å². The number of halogens is 1. The quantitative estimate of drug-likeness (QED) is 0.834. The van der Waals surface area contributed by atoms with E-state index in [1.165, 1.54) is 6.92 Å². The van der Waals surface area contributed by atoms with Crippen LogP contribution < -0.4 is 11.1 Å². The van der Waals surface area contributed by atoms with Gasteiger partial charge in [0.25, 0.3) is 5.91 Å². The van der Waals surface area contributed by atoms with Crippen LogP contribution in [-0.2, 0) is 4.79 Å². The number of likely N-dealkylation sites (tertiary alicyclic amines) is 1. The highest BCUT2D eigenvalue weighted by atomic mass is 35.5. The van der Waals surface area contributed by atoms with E-state index in [0.717, 1.165) is 25.9 Å². The Morgan fingerprint density at radius 3 is 2.33 bits per heavy atom. The molecule has 0 radical (unpaired) electrons. The third kappa shape index (κ3) is 4.93. The van der Waals surface area contributed by atoms with Crippen molar-refractivity contribution in [3.05, 3.63) is 29.8 Å². The van der Waals surface area contributed by atoms with Gasteiger partial charge >= 0.3 is 0 Å². The van der Waals surface area contributed by atoms with E-state index in [-0.39, 0.29) is 24.2 Å². The van der Waals surface area contributed by atoms with Crippen molar-refractivity contribution in [3.63, 3.8) is 0 Å². The topological polar surface area (TPSA) is 75.4 Å². The molecule has 2 rings (SSSR count). The summed E-state index contributed by atoms with van der Waals surface area (Å²) in [7, 11) is 0. The normalized spacial score (nSPS) is 15.2. The molecule has 0 unspecified atom stereocenters. The van der Waals surface area contributed by atoms with Crippen LogP contribution in [0.1, 0.15) is 30.1 Å². The zero-order valence-corrected chi connectivity index (χ0v) is 13.0. The zero-order valence-electron chi connectivity index (χ0n) is 12.2. The Morgan fingerprint density at radius 2 is 1.81 bits per heavy atom. The Kier molecular flexibility index (Phi) is 6.49. The standard InChI is InChI=1S/C15H21N3O2.ClH/c1-11(19)17-10-12-6-8-18(9-7-12)15(20)13-2-4-14(16)5-3-13;/h2-5,12H,6-10,16H2,1H3,(H,17,19);1H. The number of carbonyl (C=O) groups excluding carboxylic acids is 2. The molecule has 1 fully saturated rings. The SMILES string of the molecule is CC(=O)NCC1CCN(C(=O)c2ccc(N)cc2)CC1.Cl. The lowest BCUT2D eigenvalue weighted by atomic mass is 9.96. The second kappa shape index (κ2) is 7.88. The van der Waals surface area contributed by atoms with Gasteiger partial charge in [0.1, 0.15) is 0 Å². The van der Waals surface area contributed by atoms with Gasteiger partial charge in [-0.15, -0.1) is 12.4 Å². The highest BCUT2D eigenvalue weighted by Crippen LogP contribution is 2.19. The summed E-state index contributed by atoms with van der Waals surface area (Å²) in [4.78, 5) is 25.1. The predicted octanol–water partition coefficient (Wildman–Crippen LogP) is 1.68. The molecule has 6 heteroatoms. The van der Waals surface area contributed by atoms with Crippen molar-refractivity contribution < 1.29 is 9.59 Å². The number of rotatable bonds is 3. The fourth-order valence-electron chi connectivity index (χ4n) is 2.44. The highest BCUT2D eigenvalue weighted by Gasteiger charge is 2.23. The maximum absolute atomic E-state index is 12.3. The molecule has 21 heavy (non-hydrogen) atoms. The Bertz CT molecular complexity index is 482. The molecule has 5 nitrogen and oxygen atoms in total. The molecule has 0 aliphatic carbocycles. The molecule has 0 aromatic heterocycles. The average molecular weight is 312 g/mol. The van der Waals surface area contributed by atoms with E-state index in [9.17, 15) is 9.59 Å². The highest BCUT2D eigenvalue weighted by molar-refractivity contribution is 5.94. The lowest BCUT2D eigenvalue weighted by Crippen LogP contribution is -2.41. The van der Waals surface area contributed by atoms with E-state index in [2.05, 4.69) is 5.32 Å². The number of nitrogens with zero attached hydrogens (tertiary/aromatic N) is 1. The molecule has 1 aliphatic rings. The van der Waals surface area contributed by atoms with Crippen LogP contribution in [0, 0.1) is 5.92 Å². The molecular weight excluding hydrogens is 290 g/mol. The van der Waals surface area contributed by atoms with Crippen molar-refractivity contribution >= 4 is 29.9 Å². The van der Waals surface area contributed by atoms with Crippen LogP contribution in [-0.4, -0.2) is 36.3 Å². The zero-order chi connectivity index (χ0) is 14.5. The Hall–Kier alpha value is -1.75. The van der Waals surface area contributed by atoms with Gasteiger partial charge in [0.05, 0.1) is 0 Å². The summed E-state index contributed by atoms with van der Waals surface area (Å²) < 4.78 is 0. The van der Waals surface area contributed by atoms with Gasteiger partial charge in [0.15, 0.2) is 0 Å². The van der Waals surface area contributed by atoms with Crippen molar-refractivity contribution in [1.29, 1.82) is 0 Å². The summed E-state index contributed by atoms with van der Waals surface area (Å²) in [6, 6.07) is 7.02. The van der Waals surface area contributed by atoms with Crippen molar-refractivity contribution in [2.75, 3.05) is 25.4 Å². The van der Waals surface area contributed by atoms with Crippen molar-refractivity contribution in [2.24, 2.45) is 5.92 Å². The smallest absolute Gasteiger partial charge is 0.253 e. The Labute approximate surface area is 131 Å². The number of piperidine rings is 1. The minimum absolute atomic E-state index is 0. The number of hydrogen-bond acceptors (Lipinski definition) is 3. The van der Waals surface area contributed by atoms with Gasteiger partial charge in [-0.3, -0.25) is 9.59 Å². The van der Waals surface area contributed by atoms with Crippen molar-refractivity contribution in [1.82, 2.24) is 10.2 Å². The monoisotopic (exact) mass is 311 g/mol. The van der Waals surface area contributed by atoms with Crippen LogP contribution in [0.4, 0.5) is 5.69 Å². The lowest BCUT2D eigenvalue weighted by molar-refractivity contribution is -0.119. The van der Waals surface area contributed by atoms with Crippen LogP contribution in [0.3, 0.4) is 0 Å². The summed E-state index contributed by atoms with van der Waals surface area (Å²) in [5, 5.41) is 2.84. The second-order valence-electron chi connectivity index (χ2n) is 5.29. The van der Waals surface area contributed by atoms with E-state index in [4.69, 9.17) is 5.73 Å². The molecule has 0 bridgehead atoms. The molecule has 2 amide bonds. The third-order valence-electron chi connectivity index (χ3n) is 3.70. The third-order valence-corrected chi connectivity index (χ3v) is 3.70. The van der Waals surface area contributed by atoms with Crippen molar-refractivity contribution in [2.45, 2.75) is 19.8 Å². The summed E-state index contributed by atoms with van der Waals surface area (Å²) >= 11 is 0. The van der Waals surface area contributed by atoms with Crippen LogP contribution >= 0.6 is 12.4 Å². The first-order valence-corrected chi connectivity index (χ1v) is 6.95. The predicted molar refractivity (Wildman–Crippen MR) is 85.4 cm³/mol. The molecule has 1 saturated heterocycles. The number of nitrogen functional groups attached to an aromatic ring is 1. The van der Waals surface area contributed by atoms with Gasteiger partial charge in [-0.05, 0) is 43.0 Å². The summed E-state index contributed by atoms with van der Waals surface area (Å²) in [6.45, 7) is 3.72. The van der Waals surface area contributed by atoms with Crippen LogP contribution in [0.2, 0.25) is 0 Å². The van der Waals surface area contributed by atoms with Gasteiger partial charge in [0.2, 0.25) is 5.91 Å². The van der Waals surface area contributed by atoms with E-state index >= 15 is 0 Å². The summed E-state index contributed by atoms with van der Waals surface area (Å²) in [5.74, 6) is 0.530. The molecule has 0 saturated carbocycles. The number of anilines is 1. The van der Waals surface area contributed by atoms with Crippen LogP contribution in [0.15, 0.2) is 24.3 Å². The first kappa shape index (κ1) is 17.3. The van der Waals surface area contributed by atoms with E-state index in [1.54, 1.807) is 24.3 Å². The molecular formula is C15H22ClN3O2. The van der Waals surface area contributed by atoms with Gasteiger partial charge < -0.3 is 16.0 Å². The molecule has 1 aliphatic heterocycles. The summed E-state index contributed by atoms with van der Waals surface area (Å²) in [5.41, 5.74) is 6.96. The molecule has 1 heterocycles. The average Bonchev–Trinajstić information content (AvgIpc) is 2.46. The lowest BCUT2D eigenvalue weighted by Gasteiger charge is -2.32. The molecule has 0 spiro atoms. The minimum atomic E-state index is 0. The Balaban J connectivity index is 0.00000220. The van der Waals surface area contributed by atoms with Gasteiger partial charge in [-0.2, -0.15) is 0 Å². The van der Waals surface area contributed by atoms with Gasteiger partial charge in [-0.1, -0.05) is 0 Å². The first-order valence-electron chi connectivity index (χ1n) is 6.95. The first-order chi connectivity index (χ1) is 9.56. The largest absolute Gasteiger partial charge is 0.399 e. The van der Waals surface area contributed by atoms with Gasteiger partial charge in [-0.25, -0.2) is 0 Å². The van der Waals surface area contributed by atoms with Crippen LogP contribution in [0.25, 0.3) is 0 Å². The molecule has 3 N–H and O–H groups in total. The molecule has 1 aromatic carbocycles. The number of benzene rings is 1. The maximum Gasteiger partial charge on any atom is 0.253 e. The second-order valence-corrected chi connectivity index (χ2v) is 5.29. The summed E-state index contributed by atoms with van der Waals surface area (Å²) in [6.07, 6.45) is 1.86. The fraction of sp³-hybridized carbons (Fsp3) is 0.467. The minimum Gasteiger partial charge on any atom is -0.399 e. The van der Waals surface area contributed by atoms with Crippen molar-refractivity contribution in [3.8, 4) is 0 Å². The number of nitrogens with two attached hydrogens (primary N) is 1. The molecule has 116 valence electrons.